The molecule has 1 amide bonds. The molecule has 0 aliphatic carbocycles. The molecule has 11 heteroatoms. The zero-order chi connectivity index (χ0) is 28.3. The van der Waals surface area contributed by atoms with Crippen molar-refractivity contribution in [1.29, 1.82) is 0 Å². The van der Waals surface area contributed by atoms with Crippen LogP contribution in [0.1, 0.15) is 29.6 Å². The Hall–Kier alpha value is -3.54. The first kappa shape index (κ1) is 28.0. The molecule has 2 N–H and O–H groups in total. The van der Waals surface area contributed by atoms with Crippen molar-refractivity contribution in [2.75, 3.05) is 28.8 Å². The van der Waals surface area contributed by atoms with Crippen LogP contribution in [0.15, 0.2) is 99.6 Å². The average Bonchev–Trinajstić information content (AvgIpc) is 2.97. The molecular formula is C29H29N3O5S3. The summed E-state index contributed by atoms with van der Waals surface area (Å²) in [7, 11) is -7.96. The lowest BCUT2D eigenvalue weighted by molar-refractivity contribution is 0.0720. The number of carbonyl (C=O) groups is 1. The maximum Gasteiger partial charge on any atom is 0.261 e. The van der Waals surface area contributed by atoms with Gasteiger partial charge in [-0.25, -0.2) is 16.8 Å². The Bertz CT molecular complexity index is 1760. The first-order valence-corrected chi connectivity index (χ1v) is 17.0. The van der Waals surface area contributed by atoms with E-state index in [1.807, 2.05) is 36.6 Å². The Morgan fingerprint density at radius 1 is 0.750 bits per heavy atom. The van der Waals surface area contributed by atoms with Crippen molar-refractivity contribution >= 4 is 59.9 Å². The highest BCUT2D eigenvalue weighted by molar-refractivity contribution is 7.98. The van der Waals surface area contributed by atoms with E-state index < -0.39 is 20.0 Å². The van der Waals surface area contributed by atoms with Gasteiger partial charge in [-0.3, -0.25) is 14.2 Å². The van der Waals surface area contributed by atoms with Crippen LogP contribution in [0.4, 0.5) is 11.4 Å². The van der Waals surface area contributed by atoms with E-state index >= 15 is 0 Å². The summed E-state index contributed by atoms with van der Waals surface area (Å²) >= 11 is 1.39. The zero-order valence-corrected chi connectivity index (χ0v) is 24.3. The molecule has 0 bridgehead atoms. The molecule has 1 fully saturated rings. The SMILES string of the molecule is CSc1ccc(S(=O)(=O)Nc2ccc(S(=O)(=O)Nc3cccc4ccccc34)cc2)cc1C(=O)N1CCCCC1. The van der Waals surface area contributed by atoms with Crippen LogP contribution in [-0.4, -0.2) is 47.0 Å². The van der Waals surface area contributed by atoms with Crippen LogP contribution >= 0.6 is 11.8 Å². The minimum atomic E-state index is -4.04. The minimum Gasteiger partial charge on any atom is -0.339 e. The van der Waals surface area contributed by atoms with Gasteiger partial charge in [-0.15, -0.1) is 11.8 Å². The summed E-state index contributed by atoms with van der Waals surface area (Å²) in [6, 6.07) is 22.8. The van der Waals surface area contributed by atoms with Gasteiger partial charge in [0.1, 0.15) is 0 Å². The number of anilines is 2. The molecule has 1 aliphatic heterocycles. The van der Waals surface area contributed by atoms with Crippen LogP contribution in [0, 0.1) is 0 Å². The Labute approximate surface area is 238 Å². The van der Waals surface area contributed by atoms with E-state index in [2.05, 4.69) is 9.44 Å². The van der Waals surface area contributed by atoms with Gasteiger partial charge in [0, 0.05) is 29.1 Å². The number of piperidine rings is 1. The van der Waals surface area contributed by atoms with E-state index in [1.54, 1.807) is 23.1 Å². The number of sulfonamides is 2. The monoisotopic (exact) mass is 595 g/mol. The highest BCUT2D eigenvalue weighted by Crippen LogP contribution is 2.29. The summed E-state index contributed by atoms with van der Waals surface area (Å²) in [4.78, 5) is 15.6. The van der Waals surface area contributed by atoms with Crippen molar-refractivity contribution in [3.8, 4) is 0 Å². The lowest BCUT2D eigenvalue weighted by atomic mass is 10.1. The Morgan fingerprint density at radius 3 is 2.12 bits per heavy atom. The van der Waals surface area contributed by atoms with Crippen LogP contribution in [0.3, 0.4) is 0 Å². The fourth-order valence-electron chi connectivity index (χ4n) is 4.72. The predicted octanol–water partition coefficient (Wildman–Crippen LogP) is 5.79. The van der Waals surface area contributed by atoms with Crippen molar-refractivity contribution in [2.45, 2.75) is 33.9 Å². The molecule has 0 saturated carbocycles. The van der Waals surface area contributed by atoms with E-state index in [9.17, 15) is 21.6 Å². The Balaban J connectivity index is 1.35. The number of hydrogen-bond donors (Lipinski definition) is 2. The van der Waals surface area contributed by atoms with Gasteiger partial charge in [0.25, 0.3) is 26.0 Å². The number of thioether (sulfide) groups is 1. The summed E-state index contributed by atoms with van der Waals surface area (Å²) in [5, 5.41) is 1.67. The van der Waals surface area contributed by atoms with E-state index in [-0.39, 0.29) is 21.4 Å². The lowest BCUT2D eigenvalue weighted by Gasteiger charge is -2.27. The number of rotatable bonds is 8. The highest BCUT2D eigenvalue weighted by atomic mass is 32.2. The quantitative estimate of drug-likeness (QED) is 0.250. The van der Waals surface area contributed by atoms with Gasteiger partial charge in [-0.05, 0) is 79.4 Å². The number of fused-ring (bicyclic) bond motifs is 1. The van der Waals surface area contributed by atoms with Crippen LogP contribution < -0.4 is 9.44 Å². The highest BCUT2D eigenvalue weighted by Gasteiger charge is 2.24. The molecule has 1 heterocycles. The Morgan fingerprint density at radius 2 is 1.40 bits per heavy atom. The summed E-state index contributed by atoms with van der Waals surface area (Å²) < 4.78 is 57.7. The molecule has 0 aromatic heterocycles. The molecule has 1 saturated heterocycles. The van der Waals surface area contributed by atoms with Crippen molar-refractivity contribution < 1.29 is 21.6 Å². The van der Waals surface area contributed by atoms with Gasteiger partial charge in [-0.2, -0.15) is 0 Å². The largest absolute Gasteiger partial charge is 0.339 e. The molecule has 4 aromatic rings. The molecule has 4 aromatic carbocycles. The average molecular weight is 596 g/mol. The number of amides is 1. The van der Waals surface area contributed by atoms with Crippen LogP contribution in [0.25, 0.3) is 10.8 Å². The molecule has 8 nitrogen and oxygen atoms in total. The predicted molar refractivity (Wildman–Crippen MR) is 160 cm³/mol. The fraction of sp³-hybridized carbons (Fsp3) is 0.207. The van der Waals surface area contributed by atoms with Crippen molar-refractivity contribution in [2.24, 2.45) is 0 Å². The maximum atomic E-state index is 13.2. The third kappa shape index (κ3) is 5.96. The van der Waals surface area contributed by atoms with E-state index in [0.717, 1.165) is 30.0 Å². The first-order valence-electron chi connectivity index (χ1n) is 12.8. The number of nitrogens with zero attached hydrogens (tertiary/aromatic N) is 1. The number of benzene rings is 4. The maximum absolute atomic E-state index is 13.2. The Kier molecular flexibility index (Phi) is 8.07. The number of nitrogens with one attached hydrogen (secondary N) is 2. The molecule has 0 spiro atoms. The second-order valence-electron chi connectivity index (χ2n) is 9.48. The molecular weight excluding hydrogens is 567 g/mol. The van der Waals surface area contributed by atoms with Crippen LogP contribution in [-0.2, 0) is 20.0 Å². The third-order valence-corrected chi connectivity index (χ3v) is 10.4. The van der Waals surface area contributed by atoms with Gasteiger partial charge in [-0.1, -0.05) is 36.4 Å². The third-order valence-electron chi connectivity index (χ3n) is 6.81. The fourth-order valence-corrected chi connectivity index (χ4v) is 7.46. The van der Waals surface area contributed by atoms with Crippen LogP contribution in [0.5, 0.6) is 0 Å². The smallest absolute Gasteiger partial charge is 0.261 e. The topological polar surface area (TPSA) is 113 Å². The molecule has 0 unspecified atom stereocenters. The second kappa shape index (κ2) is 11.5. The van der Waals surface area contributed by atoms with E-state index in [4.69, 9.17) is 0 Å². The summed E-state index contributed by atoms with van der Waals surface area (Å²) in [5.41, 5.74) is 1.01. The standard InChI is InChI=1S/C29H29N3O5S3/c1-38-28-17-16-24(20-26(28)29(33)32-18-5-2-6-19-32)40(36,37)30-22-12-14-23(15-13-22)39(34,35)31-27-11-7-9-21-8-3-4-10-25(21)27/h3-4,7-17,20,30-31H,2,5-6,18-19H2,1H3. The molecule has 0 atom stereocenters. The van der Waals surface area contributed by atoms with Gasteiger partial charge < -0.3 is 4.90 Å². The minimum absolute atomic E-state index is 0.0119. The molecule has 5 rings (SSSR count). The van der Waals surface area contributed by atoms with Gasteiger partial charge in [0.2, 0.25) is 0 Å². The molecule has 0 radical (unpaired) electrons. The number of carbonyl (C=O) groups excluding carboxylic acids is 1. The lowest BCUT2D eigenvalue weighted by Crippen LogP contribution is -2.36. The van der Waals surface area contributed by atoms with Crippen molar-refractivity contribution in [3.05, 3.63) is 90.5 Å². The first-order chi connectivity index (χ1) is 19.2. The molecule has 208 valence electrons. The second-order valence-corrected chi connectivity index (χ2v) is 13.7. The normalized spacial score (nSPS) is 14.2. The van der Waals surface area contributed by atoms with Gasteiger partial charge in [0.05, 0.1) is 21.0 Å². The summed E-state index contributed by atoms with van der Waals surface area (Å²) in [6.45, 7) is 1.32. The molecule has 1 aliphatic rings. The number of hydrogen-bond acceptors (Lipinski definition) is 6. The van der Waals surface area contributed by atoms with Gasteiger partial charge >= 0.3 is 0 Å². The van der Waals surface area contributed by atoms with E-state index in [0.29, 0.717) is 29.2 Å². The summed E-state index contributed by atoms with van der Waals surface area (Å²) in [5.74, 6) is -0.172. The zero-order valence-electron chi connectivity index (χ0n) is 21.8. The van der Waals surface area contributed by atoms with Crippen molar-refractivity contribution in [3.63, 3.8) is 0 Å². The van der Waals surface area contributed by atoms with Gasteiger partial charge in [0.15, 0.2) is 0 Å². The van der Waals surface area contributed by atoms with Crippen molar-refractivity contribution in [1.82, 2.24) is 4.90 Å². The number of likely N-dealkylation sites (tertiary alicyclic amines) is 1. The van der Waals surface area contributed by atoms with Crippen LogP contribution in [0.2, 0.25) is 0 Å². The van der Waals surface area contributed by atoms with E-state index in [1.165, 1.54) is 48.2 Å². The summed E-state index contributed by atoms with van der Waals surface area (Å²) in [6.07, 6.45) is 4.79. The molecule has 40 heavy (non-hydrogen) atoms.